The van der Waals surface area contributed by atoms with Crippen LogP contribution < -0.4 is 10.1 Å². The van der Waals surface area contributed by atoms with E-state index in [1.165, 1.54) is 30.0 Å². The number of ether oxygens (including phenoxy) is 1. The average Bonchev–Trinajstić information content (AvgIpc) is 3.22. The molecule has 24 heavy (non-hydrogen) atoms. The summed E-state index contributed by atoms with van der Waals surface area (Å²) in [4.78, 5) is 19.8. The molecule has 0 saturated carbocycles. The van der Waals surface area contributed by atoms with Gasteiger partial charge in [-0.3, -0.25) is 9.89 Å². The lowest BCUT2D eigenvalue weighted by Crippen LogP contribution is -2.05. The third-order valence-corrected chi connectivity index (χ3v) is 4.70. The van der Waals surface area contributed by atoms with Crippen molar-refractivity contribution in [3.05, 3.63) is 35.3 Å². The summed E-state index contributed by atoms with van der Waals surface area (Å²) in [7, 11) is 1.63. The Morgan fingerprint density at radius 1 is 1.33 bits per heavy atom. The second kappa shape index (κ2) is 7.45. The van der Waals surface area contributed by atoms with Crippen LogP contribution in [-0.4, -0.2) is 33.2 Å². The summed E-state index contributed by atoms with van der Waals surface area (Å²) >= 11 is 2.88. The molecule has 7 nitrogen and oxygen atoms in total. The monoisotopic (exact) mass is 361 g/mol. The molecule has 9 heteroatoms. The van der Waals surface area contributed by atoms with Gasteiger partial charge in [0.15, 0.2) is 11.0 Å². The molecule has 0 radical (unpaired) electrons. The summed E-state index contributed by atoms with van der Waals surface area (Å²) in [6.45, 7) is 1.46. The predicted molar refractivity (Wildman–Crippen MR) is 94.3 cm³/mol. The number of hydrogen-bond donors (Lipinski definition) is 2. The summed E-state index contributed by atoms with van der Waals surface area (Å²) in [6, 6.07) is 7.61. The number of methoxy groups -OCH3 is 1. The van der Waals surface area contributed by atoms with E-state index in [-0.39, 0.29) is 5.91 Å². The number of anilines is 1. The Kier molecular flexibility index (Phi) is 5.11. The van der Waals surface area contributed by atoms with Gasteiger partial charge in [-0.25, -0.2) is 9.97 Å². The first-order valence-corrected chi connectivity index (χ1v) is 8.92. The van der Waals surface area contributed by atoms with E-state index in [1.54, 1.807) is 7.11 Å². The van der Waals surface area contributed by atoms with Crippen LogP contribution in [0.3, 0.4) is 0 Å². The van der Waals surface area contributed by atoms with Gasteiger partial charge < -0.3 is 10.1 Å². The van der Waals surface area contributed by atoms with Crippen molar-refractivity contribution in [3.63, 3.8) is 0 Å². The molecule has 3 rings (SSSR count). The molecule has 0 spiro atoms. The Bertz CT molecular complexity index is 829. The van der Waals surface area contributed by atoms with Gasteiger partial charge in [-0.1, -0.05) is 11.8 Å². The lowest BCUT2D eigenvalue weighted by atomic mass is 10.2. The maximum Gasteiger partial charge on any atom is 0.223 e. The van der Waals surface area contributed by atoms with Crippen molar-refractivity contribution in [3.8, 4) is 17.1 Å². The lowest BCUT2D eigenvalue weighted by molar-refractivity contribution is -0.114. The Labute approximate surface area is 146 Å². The van der Waals surface area contributed by atoms with Gasteiger partial charge in [-0.2, -0.15) is 0 Å². The van der Waals surface area contributed by atoms with E-state index >= 15 is 0 Å². The van der Waals surface area contributed by atoms with Crippen molar-refractivity contribution in [1.82, 2.24) is 20.2 Å². The molecule has 1 aromatic carbocycles. The van der Waals surface area contributed by atoms with E-state index in [9.17, 15) is 4.79 Å². The summed E-state index contributed by atoms with van der Waals surface area (Å²) in [5, 5.41) is 13.0. The molecule has 0 aliphatic carbocycles. The van der Waals surface area contributed by atoms with Gasteiger partial charge in [0, 0.05) is 23.6 Å². The van der Waals surface area contributed by atoms with Crippen LogP contribution in [-0.2, 0) is 10.5 Å². The molecule has 2 heterocycles. The third kappa shape index (κ3) is 4.12. The molecular weight excluding hydrogens is 346 g/mol. The number of aromatic nitrogens is 4. The summed E-state index contributed by atoms with van der Waals surface area (Å²) in [6.07, 6.45) is 0. The number of aromatic amines is 1. The minimum absolute atomic E-state index is 0.123. The molecule has 0 fully saturated rings. The van der Waals surface area contributed by atoms with E-state index in [2.05, 4.69) is 25.5 Å². The van der Waals surface area contributed by atoms with Gasteiger partial charge in [-0.15, -0.1) is 16.4 Å². The number of H-pyrrole nitrogens is 1. The van der Waals surface area contributed by atoms with Gasteiger partial charge in [0.2, 0.25) is 11.1 Å². The molecular formula is C15H15N5O2S2. The molecule has 3 aromatic rings. The van der Waals surface area contributed by atoms with Crippen molar-refractivity contribution in [2.75, 3.05) is 12.4 Å². The molecule has 0 aliphatic rings. The SMILES string of the molecule is COc1ccc(-c2nc(SCc3csc(NC(C)=O)n3)n[nH]2)cc1. The minimum Gasteiger partial charge on any atom is -0.497 e. The van der Waals surface area contributed by atoms with Crippen LogP contribution >= 0.6 is 23.1 Å². The van der Waals surface area contributed by atoms with Crippen LogP contribution in [0.15, 0.2) is 34.8 Å². The molecule has 0 aliphatic heterocycles. The number of carbonyl (C=O) groups excluding carboxylic acids is 1. The van der Waals surface area contributed by atoms with Gasteiger partial charge in [-0.05, 0) is 24.3 Å². The quantitative estimate of drug-likeness (QED) is 0.655. The molecule has 2 aromatic heterocycles. The van der Waals surface area contributed by atoms with E-state index < -0.39 is 0 Å². The third-order valence-electron chi connectivity index (χ3n) is 3.01. The fraction of sp³-hybridized carbons (Fsp3) is 0.200. The first kappa shape index (κ1) is 16.5. The Morgan fingerprint density at radius 2 is 2.12 bits per heavy atom. The number of carbonyl (C=O) groups is 1. The molecule has 0 saturated heterocycles. The second-order valence-corrected chi connectivity index (χ2v) is 6.61. The lowest BCUT2D eigenvalue weighted by Gasteiger charge is -1.99. The Balaban J connectivity index is 1.61. The van der Waals surface area contributed by atoms with Crippen molar-refractivity contribution >= 4 is 34.1 Å². The van der Waals surface area contributed by atoms with E-state index in [4.69, 9.17) is 4.74 Å². The number of thioether (sulfide) groups is 1. The fourth-order valence-corrected chi connectivity index (χ4v) is 3.46. The van der Waals surface area contributed by atoms with Crippen LogP contribution in [0.4, 0.5) is 5.13 Å². The van der Waals surface area contributed by atoms with Crippen molar-refractivity contribution < 1.29 is 9.53 Å². The highest BCUT2D eigenvalue weighted by molar-refractivity contribution is 7.98. The zero-order valence-corrected chi connectivity index (χ0v) is 14.7. The first-order valence-electron chi connectivity index (χ1n) is 7.05. The van der Waals surface area contributed by atoms with Crippen LogP contribution in [0.2, 0.25) is 0 Å². The van der Waals surface area contributed by atoms with Crippen molar-refractivity contribution in [2.24, 2.45) is 0 Å². The van der Waals surface area contributed by atoms with Crippen LogP contribution in [0.1, 0.15) is 12.6 Å². The van der Waals surface area contributed by atoms with Crippen molar-refractivity contribution in [1.29, 1.82) is 0 Å². The van der Waals surface area contributed by atoms with E-state index in [1.807, 2.05) is 29.6 Å². The smallest absolute Gasteiger partial charge is 0.223 e. The van der Waals surface area contributed by atoms with Gasteiger partial charge in [0.05, 0.1) is 12.8 Å². The standard InChI is InChI=1S/C15H15N5O2S2/c1-9(21)16-14-17-11(7-23-14)8-24-15-18-13(19-20-15)10-3-5-12(22-2)6-4-10/h3-7H,8H2,1-2H3,(H,16,17,21)(H,18,19,20). The van der Waals surface area contributed by atoms with Gasteiger partial charge in [0.25, 0.3) is 0 Å². The zero-order chi connectivity index (χ0) is 16.9. The van der Waals surface area contributed by atoms with Crippen LogP contribution in [0.25, 0.3) is 11.4 Å². The largest absolute Gasteiger partial charge is 0.497 e. The molecule has 0 unspecified atom stereocenters. The van der Waals surface area contributed by atoms with Crippen LogP contribution in [0, 0.1) is 0 Å². The highest BCUT2D eigenvalue weighted by Gasteiger charge is 2.09. The summed E-state index contributed by atoms with van der Waals surface area (Å²) < 4.78 is 5.14. The number of benzene rings is 1. The maximum atomic E-state index is 11.0. The highest BCUT2D eigenvalue weighted by atomic mass is 32.2. The topological polar surface area (TPSA) is 92.8 Å². The van der Waals surface area contributed by atoms with Gasteiger partial charge in [0.1, 0.15) is 5.75 Å². The Morgan fingerprint density at radius 3 is 2.83 bits per heavy atom. The van der Waals surface area contributed by atoms with Crippen molar-refractivity contribution in [2.45, 2.75) is 17.8 Å². The summed E-state index contributed by atoms with van der Waals surface area (Å²) in [5.41, 5.74) is 1.82. The maximum absolute atomic E-state index is 11.0. The first-order chi connectivity index (χ1) is 11.6. The molecule has 1 amide bonds. The fourth-order valence-electron chi connectivity index (χ4n) is 1.91. The number of rotatable bonds is 6. The molecule has 0 atom stereocenters. The van der Waals surface area contributed by atoms with Gasteiger partial charge >= 0.3 is 0 Å². The van der Waals surface area contributed by atoms with E-state index in [0.717, 1.165) is 17.0 Å². The zero-order valence-electron chi connectivity index (χ0n) is 13.1. The number of amides is 1. The Hall–Kier alpha value is -2.39. The molecule has 0 bridgehead atoms. The van der Waals surface area contributed by atoms with Crippen LogP contribution in [0.5, 0.6) is 5.75 Å². The second-order valence-electron chi connectivity index (χ2n) is 4.81. The number of nitrogens with one attached hydrogen (secondary N) is 2. The normalized spacial score (nSPS) is 10.6. The van der Waals surface area contributed by atoms with E-state index in [0.29, 0.717) is 21.9 Å². The molecule has 2 N–H and O–H groups in total. The number of hydrogen-bond acceptors (Lipinski definition) is 7. The number of nitrogens with zero attached hydrogens (tertiary/aromatic N) is 3. The summed E-state index contributed by atoms with van der Waals surface area (Å²) in [5.74, 6) is 2.01. The average molecular weight is 361 g/mol. The highest BCUT2D eigenvalue weighted by Crippen LogP contribution is 2.25. The number of thiazole rings is 1. The predicted octanol–water partition coefficient (Wildman–Crippen LogP) is 3.19. The minimum atomic E-state index is -0.123. The molecule has 124 valence electrons.